The van der Waals surface area contributed by atoms with Crippen LogP contribution < -0.4 is 0 Å². The van der Waals surface area contributed by atoms with Gasteiger partial charge in [0.05, 0.1) is 12.7 Å². The minimum atomic E-state index is -0.479. The summed E-state index contributed by atoms with van der Waals surface area (Å²) in [6, 6.07) is 0. The molecule has 1 heterocycles. The second-order valence-corrected chi connectivity index (χ2v) is 6.58. The van der Waals surface area contributed by atoms with Gasteiger partial charge in [0, 0.05) is 16.9 Å². The Morgan fingerprint density at radius 2 is 2.21 bits per heavy atom. The van der Waals surface area contributed by atoms with Gasteiger partial charge >= 0.3 is 5.97 Å². The molecule has 3 rings (SSSR count). The van der Waals surface area contributed by atoms with Gasteiger partial charge in [0.25, 0.3) is 0 Å². The summed E-state index contributed by atoms with van der Waals surface area (Å²) in [6.45, 7) is 5.98. The third kappa shape index (κ3) is 1.69. The third-order valence-corrected chi connectivity index (χ3v) is 5.76. The Morgan fingerprint density at radius 3 is 2.89 bits per heavy atom. The molecule has 0 unspecified atom stereocenters. The normalized spacial score (nSPS) is 49.5. The van der Waals surface area contributed by atoms with Gasteiger partial charge in [-0.3, -0.25) is 0 Å². The van der Waals surface area contributed by atoms with E-state index in [2.05, 4.69) is 13.5 Å². The van der Waals surface area contributed by atoms with Crippen LogP contribution in [0.4, 0.5) is 0 Å². The van der Waals surface area contributed by atoms with E-state index in [4.69, 9.17) is 4.74 Å². The first-order chi connectivity index (χ1) is 8.99. The molecule has 0 aromatic carbocycles. The zero-order chi connectivity index (χ0) is 13.8. The summed E-state index contributed by atoms with van der Waals surface area (Å²) in [5.41, 5.74) is 0.0419. The van der Waals surface area contributed by atoms with Crippen molar-refractivity contribution >= 4 is 5.97 Å². The van der Waals surface area contributed by atoms with Crippen LogP contribution in [0, 0.1) is 23.2 Å². The maximum Gasteiger partial charge on any atom is 0.334 e. The van der Waals surface area contributed by atoms with Crippen molar-refractivity contribution in [3.63, 3.8) is 0 Å². The molecular weight excluding hydrogens is 244 g/mol. The quantitative estimate of drug-likeness (QED) is 0.554. The van der Waals surface area contributed by atoms with Crippen molar-refractivity contribution in [2.45, 2.75) is 44.8 Å². The number of rotatable bonds is 1. The lowest BCUT2D eigenvalue weighted by Gasteiger charge is -2.38. The molecule has 3 fully saturated rings. The largest absolute Gasteiger partial charge is 0.458 e. The lowest BCUT2D eigenvalue weighted by molar-refractivity contribution is -0.139. The van der Waals surface area contributed by atoms with Crippen molar-refractivity contribution in [1.29, 1.82) is 0 Å². The van der Waals surface area contributed by atoms with Crippen LogP contribution in [-0.4, -0.2) is 35.0 Å². The van der Waals surface area contributed by atoms with Crippen LogP contribution in [0.25, 0.3) is 0 Å². The Kier molecular flexibility index (Phi) is 2.98. The van der Waals surface area contributed by atoms with Crippen molar-refractivity contribution in [2.75, 3.05) is 6.61 Å². The van der Waals surface area contributed by atoms with Crippen molar-refractivity contribution < 1.29 is 19.7 Å². The summed E-state index contributed by atoms with van der Waals surface area (Å²) in [7, 11) is 0. The maximum atomic E-state index is 11.7. The first-order valence-electron chi connectivity index (χ1n) is 7.18. The molecule has 0 radical (unpaired) electrons. The second-order valence-electron chi connectivity index (χ2n) is 6.58. The molecule has 0 amide bonds. The van der Waals surface area contributed by atoms with Gasteiger partial charge in [-0.15, -0.1) is 0 Å². The molecule has 2 N–H and O–H groups in total. The number of hydrogen-bond acceptors (Lipinski definition) is 4. The molecule has 1 saturated heterocycles. The fourth-order valence-electron chi connectivity index (χ4n) is 4.66. The predicted molar refractivity (Wildman–Crippen MR) is 69.2 cm³/mol. The molecule has 0 aromatic heterocycles. The van der Waals surface area contributed by atoms with E-state index in [9.17, 15) is 15.0 Å². The van der Waals surface area contributed by atoms with Crippen LogP contribution in [-0.2, 0) is 9.53 Å². The summed E-state index contributed by atoms with van der Waals surface area (Å²) in [5, 5.41) is 20.3. The zero-order valence-electron chi connectivity index (χ0n) is 11.3. The SMILES string of the molecule is C=C1C(=O)O[C@@H]2C[C@H](C)[C@@H]3CC[C@H](O)[C@@]3(CO)C[C@@H]12. The summed E-state index contributed by atoms with van der Waals surface area (Å²) in [4.78, 5) is 11.7. The van der Waals surface area contributed by atoms with Crippen LogP contribution in [0.15, 0.2) is 12.2 Å². The van der Waals surface area contributed by atoms with Gasteiger partial charge in [0.1, 0.15) is 6.10 Å². The molecular formula is C15H22O4. The van der Waals surface area contributed by atoms with Gasteiger partial charge < -0.3 is 14.9 Å². The summed E-state index contributed by atoms with van der Waals surface area (Å²) in [5.74, 6) is 0.309. The molecule has 0 bridgehead atoms. The topological polar surface area (TPSA) is 66.8 Å². The number of carbonyl (C=O) groups excluding carboxylic acids is 1. The lowest BCUT2D eigenvalue weighted by Crippen LogP contribution is -2.42. The zero-order valence-corrected chi connectivity index (χ0v) is 11.3. The Labute approximate surface area is 113 Å². The van der Waals surface area contributed by atoms with Crippen LogP contribution in [0.1, 0.15) is 32.6 Å². The van der Waals surface area contributed by atoms with Gasteiger partial charge in [-0.25, -0.2) is 4.79 Å². The maximum absolute atomic E-state index is 11.7. The summed E-state index contributed by atoms with van der Waals surface area (Å²) in [6.07, 6.45) is 2.53. The van der Waals surface area contributed by atoms with E-state index in [-0.39, 0.29) is 24.6 Å². The number of ether oxygens (including phenoxy) is 1. The van der Waals surface area contributed by atoms with E-state index in [1.807, 2.05) is 0 Å². The summed E-state index contributed by atoms with van der Waals surface area (Å²) < 4.78 is 5.42. The molecule has 2 saturated carbocycles. The van der Waals surface area contributed by atoms with E-state index in [0.29, 0.717) is 23.8 Å². The lowest BCUT2D eigenvalue weighted by atomic mass is 9.68. The highest BCUT2D eigenvalue weighted by Crippen LogP contribution is 2.56. The van der Waals surface area contributed by atoms with Gasteiger partial charge in [0.15, 0.2) is 0 Å². The highest BCUT2D eigenvalue weighted by atomic mass is 16.6. The molecule has 1 aliphatic heterocycles. The second kappa shape index (κ2) is 4.32. The van der Waals surface area contributed by atoms with Crippen LogP contribution in [0.2, 0.25) is 0 Å². The van der Waals surface area contributed by atoms with E-state index in [1.54, 1.807) is 0 Å². The Bertz CT molecular complexity index is 418. The van der Waals surface area contributed by atoms with E-state index in [1.165, 1.54) is 0 Å². The van der Waals surface area contributed by atoms with Gasteiger partial charge in [0.2, 0.25) is 0 Å². The number of hydrogen-bond donors (Lipinski definition) is 2. The predicted octanol–water partition coefficient (Wildman–Crippen LogP) is 1.26. The number of carbonyl (C=O) groups is 1. The average Bonchev–Trinajstić information content (AvgIpc) is 2.78. The number of esters is 1. The Hall–Kier alpha value is -0.870. The molecule has 0 spiro atoms. The van der Waals surface area contributed by atoms with Gasteiger partial charge in [-0.2, -0.15) is 0 Å². The van der Waals surface area contributed by atoms with Gasteiger partial charge in [-0.05, 0) is 37.5 Å². The fourth-order valence-corrected chi connectivity index (χ4v) is 4.66. The smallest absolute Gasteiger partial charge is 0.334 e. The molecule has 6 atom stereocenters. The Balaban J connectivity index is 1.99. The van der Waals surface area contributed by atoms with E-state index >= 15 is 0 Å². The highest BCUT2D eigenvalue weighted by molar-refractivity contribution is 5.90. The molecule has 0 aromatic rings. The van der Waals surface area contributed by atoms with Crippen molar-refractivity contribution in [1.82, 2.24) is 0 Å². The first kappa shape index (κ1) is 13.1. The summed E-state index contributed by atoms with van der Waals surface area (Å²) >= 11 is 0. The minimum absolute atomic E-state index is 0.0200. The fraction of sp³-hybridized carbons (Fsp3) is 0.800. The van der Waals surface area contributed by atoms with E-state index < -0.39 is 11.5 Å². The molecule has 4 heteroatoms. The highest BCUT2D eigenvalue weighted by Gasteiger charge is 2.57. The standard InChI is InChI=1S/C15H22O4/c1-8-5-12-10(9(2)14(18)19-12)6-15(7-16)11(8)3-4-13(15)17/h8,10-13,16-17H,2-7H2,1H3/t8-,10-,11-,12+,13-,15+/m0/s1. The van der Waals surface area contributed by atoms with Crippen molar-refractivity contribution in [3.05, 3.63) is 12.2 Å². The van der Waals surface area contributed by atoms with Crippen LogP contribution in [0.3, 0.4) is 0 Å². The number of aliphatic hydroxyl groups is 2. The number of aliphatic hydroxyl groups excluding tert-OH is 2. The van der Waals surface area contributed by atoms with Crippen molar-refractivity contribution in [3.8, 4) is 0 Å². The molecule has 106 valence electrons. The van der Waals surface area contributed by atoms with Crippen LogP contribution >= 0.6 is 0 Å². The molecule has 3 aliphatic rings. The molecule has 19 heavy (non-hydrogen) atoms. The number of fused-ring (bicyclic) bond motifs is 2. The first-order valence-corrected chi connectivity index (χ1v) is 7.18. The third-order valence-electron chi connectivity index (χ3n) is 5.76. The monoisotopic (exact) mass is 266 g/mol. The van der Waals surface area contributed by atoms with E-state index in [0.717, 1.165) is 19.3 Å². The van der Waals surface area contributed by atoms with Gasteiger partial charge in [-0.1, -0.05) is 13.5 Å². The minimum Gasteiger partial charge on any atom is -0.458 e. The van der Waals surface area contributed by atoms with Crippen molar-refractivity contribution in [2.24, 2.45) is 23.2 Å². The Morgan fingerprint density at radius 1 is 1.47 bits per heavy atom. The molecule has 4 nitrogen and oxygen atoms in total. The molecule has 2 aliphatic carbocycles. The average molecular weight is 266 g/mol. The van der Waals surface area contributed by atoms with Crippen LogP contribution in [0.5, 0.6) is 0 Å².